The van der Waals surface area contributed by atoms with Crippen LogP contribution >= 0.6 is 11.3 Å². The van der Waals surface area contributed by atoms with E-state index in [0.29, 0.717) is 28.5 Å². The van der Waals surface area contributed by atoms with Crippen molar-refractivity contribution in [3.05, 3.63) is 52.5 Å². The van der Waals surface area contributed by atoms with Crippen LogP contribution in [0.3, 0.4) is 0 Å². The lowest BCUT2D eigenvalue weighted by Gasteiger charge is -2.11. The van der Waals surface area contributed by atoms with Crippen LogP contribution in [-0.4, -0.2) is 42.1 Å². The lowest BCUT2D eigenvalue weighted by atomic mass is 10.2. The Hall–Kier alpha value is -3.33. The maximum atomic E-state index is 13.3. The lowest BCUT2D eigenvalue weighted by Crippen LogP contribution is -2.24. The molecule has 5 rings (SSSR count). The molecule has 1 fully saturated rings. The molecule has 1 aliphatic heterocycles. The van der Waals surface area contributed by atoms with Crippen molar-refractivity contribution in [2.75, 3.05) is 32.2 Å². The quantitative estimate of drug-likeness (QED) is 0.453. The van der Waals surface area contributed by atoms with Crippen molar-refractivity contribution >= 4 is 26.7 Å². The van der Waals surface area contributed by atoms with E-state index >= 15 is 0 Å². The minimum atomic E-state index is -0.228. The molecule has 0 amide bonds. The van der Waals surface area contributed by atoms with Gasteiger partial charge in [0, 0.05) is 19.2 Å². The molecule has 3 aromatic heterocycles. The Balaban J connectivity index is 1.65. The maximum Gasteiger partial charge on any atom is 0.294 e. The summed E-state index contributed by atoms with van der Waals surface area (Å²) in [5.41, 5.74) is 1.65. The predicted molar refractivity (Wildman–Crippen MR) is 119 cm³/mol. The Bertz CT molecular complexity index is 1250. The molecule has 1 aliphatic rings. The third kappa shape index (κ3) is 3.65. The van der Waals surface area contributed by atoms with Gasteiger partial charge < -0.3 is 18.8 Å². The third-order valence-corrected chi connectivity index (χ3v) is 6.49. The highest BCUT2D eigenvalue weighted by molar-refractivity contribution is 7.22. The van der Waals surface area contributed by atoms with Gasteiger partial charge in [0.25, 0.3) is 5.56 Å². The number of hydrogen-bond donors (Lipinski definition) is 0. The van der Waals surface area contributed by atoms with E-state index in [4.69, 9.17) is 18.9 Å². The first-order valence-corrected chi connectivity index (χ1v) is 10.9. The molecule has 9 heteroatoms. The monoisotopic (exact) mass is 438 g/mol. The zero-order valence-electron chi connectivity index (χ0n) is 17.3. The summed E-state index contributed by atoms with van der Waals surface area (Å²) in [6, 6.07) is 9.18. The molecule has 0 radical (unpaired) electrons. The first kappa shape index (κ1) is 19.6. The summed E-state index contributed by atoms with van der Waals surface area (Å²) in [5, 5.41) is 5.53. The predicted octanol–water partition coefficient (Wildman–Crippen LogP) is 3.78. The van der Waals surface area contributed by atoms with Gasteiger partial charge >= 0.3 is 0 Å². The molecule has 0 aliphatic carbocycles. The number of methoxy groups -OCH3 is 2. The third-order valence-electron chi connectivity index (χ3n) is 5.36. The van der Waals surface area contributed by atoms with Crippen LogP contribution in [0.1, 0.15) is 18.4 Å². The van der Waals surface area contributed by atoms with Crippen molar-refractivity contribution in [2.45, 2.75) is 19.4 Å². The number of thiazole rings is 1. The minimum absolute atomic E-state index is 0.228. The minimum Gasteiger partial charge on any atom is -0.497 e. The number of hydrogen-bond acceptors (Lipinski definition) is 8. The summed E-state index contributed by atoms with van der Waals surface area (Å²) in [6.07, 6.45) is 3.88. The van der Waals surface area contributed by atoms with Crippen LogP contribution in [0.4, 0.5) is 5.13 Å². The van der Waals surface area contributed by atoms with Crippen molar-refractivity contribution in [3.63, 3.8) is 0 Å². The average molecular weight is 439 g/mol. The molecule has 8 nitrogen and oxygen atoms in total. The Labute approximate surface area is 182 Å². The fraction of sp³-hybridized carbons (Fsp3) is 0.318. The largest absolute Gasteiger partial charge is 0.497 e. The van der Waals surface area contributed by atoms with Gasteiger partial charge in [-0.05, 0) is 42.7 Å². The van der Waals surface area contributed by atoms with Crippen molar-refractivity contribution in [1.29, 1.82) is 0 Å². The molecule has 0 bridgehead atoms. The van der Waals surface area contributed by atoms with Gasteiger partial charge in [-0.3, -0.25) is 4.79 Å². The number of benzene rings is 1. The molecule has 0 unspecified atom stereocenters. The van der Waals surface area contributed by atoms with Gasteiger partial charge in [0.2, 0.25) is 0 Å². The Morgan fingerprint density at radius 2 is 1.87 bits per heavy atom. The van der Waals surface area contributed by atoms with E-state index in [9.17, 15) is 4.79 Å². The van der Waals surface area contributed by atoms with Crippen molar-refractivity contribution in [2.24, 2.45) is 0 Å². The zero-order chi connectivity index (χ0) is 21.4. The van der Waals surface area contributed by atoms with Crippen LogP contribution in [0.5, 0.6) is 11.5 Å². The van der Waals surface area contributed by atoms with Gasteiger partial charge in [0.05, 0.1) is 31.7 Å². The number of fused-ring (bicyclic) bond motifs is 1. The number of aromatic nitrogens is 3. The highest BCUT2D eigenvalue weighted by atomic mass is 32.1. The summed E-state index contributed by atoms with van der Waals surface area (Å²) in [6.45, 7) is 2.18. The first-order chi connectivity index (χ1) is 15.2. The van der Waals surface area contributed by atoms with Crippen LogP contribution in [0.2, 0.25) is 0 Å². The Kier molecular flexibility index (Phi) is 5.11. The van der Waals surface area contributed by atoms with Crippen LogP contribution in [-0.2, 0) is 6.54 Å². The smallest absolute Gasteiger partial charge is 0.294 e. The lowest BCUT2D eigenvalue weighted by molar-refractivity contribution is 0.393. The number of furan rings is 1. The van der Waals surface area contributed by atoms with Crippen molar-refractivity contribution in [1.82, 2.24) is 14.8 Å². The second-order valence-corrected chi connectivity index (χ2v) is 8.36. The van der Waals surface area contributed by atoms with Gasteiger partial charge in [-0.2, -0.15) is 5.10 Å². The fourth-order valence-electron chi connectivity index (χ4n) is 3.80. The molecule has 0 N–H and O–H groups in total. The molecule has 0 spiro atoms. The number of ether oxygens (including phenoxy) is 2. The molecule has 0 atom stereocenters. The Morgan fingerprint density at radius 3 is 2.52 bits per heavy atom. The SMILES string of the molecule is COc1cc(Cn2nc(-c3ccco3)c3sc(N4CCCC4)nc3c2=O)cc(OC)c1. The molecule has 1 aromatic carbocycles. The molecular formula is C22H22N4O4S. The van der Waals surface area contributed by atoms with Crippen LogP contribution in [0.15, 0.2) is 45.8 Å². The summed E-state index contributed by atoms with van der Waals surface area (Å²) in [7, 11) is 3.19. The molecule has 1 saturated heterocycles. The van der Waals surface area contributed by atoms with Crippen LogP contribution in [0, 0.1) is 0 Å². The van der Waals surface area contributed by atoms with Gasteiger partial charge in [-0.1, -0.05) is 11.3 Å². The molecule has 4 aromatic rings. The summed E-state index contributed by atoms with van der Waals surface area (Å²) >= 11 is 1.50. The van der Waals surface area contributed by atoms with E-state index in [2.05, 4.69) is 10.00 Å². The van der Waals surface area contributed by atoms with Gasteiger partial charge in [-0.25, -0.2) is 9.67 Å². The molecule has 4 heterocycles. The average Bonchev–Trinajstić information content (AvgIpc) is 3.56. The van der Waals surface area contributed by atoms with E-state index < -0.39 is 0 Å². The van der Waals surface area contributed by atoms with E-state index in [1.807, 2.05) is 24.3 Å². The van der Waals surface area contributed by atoms with E-state index in [0.717, 1.165) is 41.3 Å². The van der Waals surface area contributed by atoms with Crippen molar-refractivity contribution in [3.8, 4) is 23.0 Å². The normalized spacial score (nSPS) is 13.8. The second-order valence-electron chi connectivity index (χ2n) is 7.38. The van der Waals surface area contributed by atoms with Crippen molar-refractivity contribution < 1.29 is 13.9 Å². The van der Waals surface area contributed by atoms with Gasteiger partial charge in [0.15, 0.2) is 16.4 Å². The number of rotatable bonds is 6. The summed E-state index contributed by atoms with van der Waals surface area (Å²) < 4.78 is 18.5. The first-order valence-electron chi connectivity index (χ1n) is 10.1. The molecular weight excluding hydrogens is 416 g/mol. The Morgan fingerprint density at radius 1 is 1.13 bits per heavy atom. The van der Waals surface area contributed by atoms with E-state index in [-0.39, 0.29) is 12.1 Å². The standard InChI is InChI=1S/C22H22N4O4S/c1-28-15-10-14(11-16(12-15)29-2)13-26-21(27)19-20(18(24-26)17-6-5-9-30-17)31-22(23-19)25-7-3-4-8-25/h5-6,9-12H,3-4,7-8,13H2,1-2H3. The van der Waals surface area contributed by atoms with Gasteiger partial charge in [-0.15, -0.1) is 0 Å². The zero-order valence-corrected chi connectivity index (χ0v) is 18.1. The van der Waals surface area contributed by atoms with Crippen LogP contribution < -0.4 is 19.9 Å². The summed E-state index contributed by atoms with van der Waals surface area (Å²) in [4.78, 5) is 20.3. The number of nitrogens with zero attached hydrogens (tertiary/aromatic N) is 4. The fourth-order valence-corrected chi connectivity index (χ4v) is 4.90. The molecule has 0 saturated carbocycles. The summed E-state index contributed by atoms with van der Waals surface area (Å²) in [5.74, 6) is 1.91. The van der Waals surface area contributed by atoms with Crippen LogP contribution in [0.25, 0.3) is 21.7 Å². The second kappa shape index (κ2) is 8.07. The van der Waals surface area contributed by atoms with Gasteiger partial charge in [0.1, 0.15) is 17.2 Å². The van der Waals surface area contributed by atoms with E-state index in [1.165, 1.54) is 16.0 Å². The highest BCUT2D eigenvalue weighted by Gasteiger charge is 2.23. The maximum absolute atomic E-state index is 13.3. The topological polar surface area (TPSA) is 82.6 Å². The van der Waals surface area contributed by atoms with E-state index in [1.54, 1.807) is 26.5 Å². The molecule has 160 valence electrons. The number of anilines is 1. The highest BCUT2D eigenvalue weighted by Crippen LogP contribution is 2.35. The molecule has 31 heavy (non-hydrogen) atoms.